The molecule has 1 aromatic heterocycles. The van der Waals surface area contributed by atoms with E-state index in [1.54, 1.807) is 0 Å². The highest BCUT2D eigenvalue weighted by Crippen LogP contribution is 2.14. The molecule has 20 heavy (non-hydrogen) atoms. The van der Waals surface area contributed by atoms with Gasteiger partial charge in [0.2, 0.25) is 0 Å². The highest BCUT2D eigenvalue weighted by atomic mass is 15.4. The van der Waals surface area contributed by atoms with E-state index in [9.17, 15) is 0 Å². The van der Waals surface area contributed by atoms with Crippen LogP contribution in [-0.2, 0) is 12.1 Å². The summed E-state index contributed by atoms with van der Waals surface area (Å²) in [4.78, 5) is 0. The third-order valence-corrected chi connectivity index (χ3v) is 3.35. The second-order valence-electron chi connectivity index (χ2n) is 6.27. The molecule has 0 amide bonds. The van der Waals surface area contributed by atoms with Crippen molar-refractivity contribution in [2.24, 2.45) is 0 Å². The number of rotatable bonds is 5. The molecule has 1 unspecified atom stereocenters. The molecular weight excluding hydrogens is 248 g/mol. The van der Waals surface area contributed by atoms with Crippen LogP contribution >= 0.6 is 0 Å². The van der Waals surface area contributed by atoms with Crippen LogP contribution < -0.4 is 5.32 Å². The molecule has 0 spiro atoms. The van der Waals surface area contributed by atoms with Crippen LogP contribution in [0.1, 0.15) is 44.9 Å². The maximum atomic E-state index is 4.20. The number of nitrogens with zero attached hydrogens (tertiary/aromatic N) is 3. The van der Waals surface area contributed by atoms with Crippen molar-refractivity contribution in [1.82, 2.24) is 20.3 Å². The molecule has 0 aliphatic rings. The fourth-order valence-electron chi connectivity index (χ4n) is 2.02. The lowest BCUT2D eigenvalue weighted by molar-refractivity contribution is 0.347. The first-order valence-electron chi connectivity index (χ1n) is 7.14. The Morgan fingerprint density at radius 1 is 1.20 bits per heavy atom. The highest BCUT2D eigenvalue weighted by Gasteiger charge is 2.14. The van der Waals surface area contributed by atoms with Gasteiger partial charge in [-0.25, -0.2) is 4.68 Å². The van der Waals surface area contributed by atoms with E-state index >= 15 is 0 Å². The van der Waals surface area contributed by atoms with Crippen LogP contribution in [0.3, 0.4) is 0 Å². The van der Waals surface area contributed by atoms with Gasteiger partial charge in [0.05, 0.1) is 17.4 Å². The van der Waals surface area contributed by atoms with Crippen LogP contribution in [0.15, 0.2) is 36.5 Å². The van der Waals surface area contributed by atoms with Crippen LogP contribution in [0.5, 0.6) is 0 Å². The first-order valence-corrected chi connectivity index (χ1v) is 7.14. The lowest BCUT2D eigenvalue weighted by atomic mass is 10.0. The summed E-state index contributed by atoms with van der Waals surface area (Å²) in [6.45, 7) is 10.3. The summed E-state index contributed by atoms with van der Waals surface area (Å²) in [5, 5.41) is 11.8. The monoisotopic (exact) mass is 272 g/mol. The molecule has 0 saturated heterocycles. The molecule has 2 aromatic rings. The van der Waals surface area contributed by atoms with Crippen molar-refractivity contribution < 1.29 is 0 Å². The molecule has 108 valence electrons. The molecule has 0 fully saturated rings. The molecular formula is C16H24N4. The Bertz CT molecular complexity index is 525. The van der Waals surface area contributed by atoms with Crippen LogP contribution in [-0.4, -0.2) is 21.5 Å². The largest absolute Gasteiger partial charge is 0.310 e. The maximum absolute atomic E-state index is 4.20. The number of hydrogen-bond donors (Lipinski definition) is 1. The van der Waals surface area contributed by atoms with Gasteiger partial charge >= 0.3 is 0 Å². The quantitative estimate of drug-likeness (QED) is 0.910. The lowest BCUT2D eigenvalue weighted by Crippen LogP contribution is -2.22. The summed E-state index contributed by atoms with van der Waals surface area (Å²) in [6, 6.07) is 10.6. The van der Waals surface area contributed by atoms with E-state index in [-0.39, 0.29) is 5.54 Å². The molecule has 1 heterocycles. The molecule has 0 bridgehead atoms. The van der Waals surface area contributed by atoms with E-state index in [2.05, 4.69) is 73.7 Å². The summed E-state index contributed by atoms with van der Waals surface area (Å²) in [5.41, 5.74) is 2.33. The molecule has 2 rings (SSSR count). The van der Waals surface area contributed by atoms with E-state index in [1.807, 2.05) is 10.9 Å². The second-order valence-corrected chi connectivity index (χ2v) is 6.27. The summed E-state index contributed by atoms with van der Waals surface area (Å²) < 4.78 is 1.91. The minimum absolute atomic E-state index is 0.0113. The normalized spacial score (nSPS) is 13.4. The van der Waals surface area contributed by atoms with Crippen LogP contribution in [0.2, 0.25) is 0 Å². The Balaban J connectivity index is 1.83. The smallest absolute Gasteiger partial charge is 0.0965 e. The minimum Gasteiger partial charge on any atom is -0.310 e. The third kappa shape index (κ3) is 3.90. The third-order valence-electron chi connectivity index (χ3n) is 3.35. The fraction of sp³-hybridized carbons (Fsp3) is 0.500. The molecule has 4 heteroatoms. The predicted octanol–water partition coefficient (Wildman–Crippen LogP) is 2.93. The van der Waals surface area contributed by atoms with Crippen molar-refractivity contribution >= 4 is 0 Å². The zero-order valence-corrected chi connectivity index (χ0v) is 12.8. The SMILES string of the molecule is CC(CNCc1cn(C(C)(C)C)nn1)c1ccccc1. The molecule has 0 radical (unpaired) electrons. The average Bonchev–Trinajstić information content (AvgIpc) is 2.88. The van der Waals surface area contributed by atoms with E-state index < -0.39 is 0 Å². The van der Waals surface area contributed by atoms with Crippen molar-refractivity contribution in [2.75, 3.05) is 6.54 Å². The van der Waals surface area contributed by atoms with E-state index in [0.29, 0.717) is 5.92 Å². The zero-order chi connectivity index (χ0) is 14.6. The van der Waals surface area contributed by atoms with Crippen LogP contribution in [0.25, 0.3) is 0 Å². The van der Waals surface area contributed by atoms with Crippen molar-refractivity contribution in [1.29, 1.82) is 0 Å². The van der Waals surface area contributed by atoms with Gasteiger partial charge in [0.25, 0.3) is 0 Å². The average molecular weight is 272 g/mol. The molecule has 4 nitrogen and oxygen atoms in total. The van der Waals surface area contributed by atoms with Gasteiger partial charge in [-0.05, 0) is 32.3 Å². The predicted molar refractivity (Wildman–Crippen MR) is 81.6 cm³/mol. The van der Waals surface area contributed by atoms with E-state index in [4.69, 9.17) is 0 Å². The number of nitrogens with one attached hydrogen (secondary N) is 1. The van der Waals surface area contributed by atoms with Gasteiger partial charge in [-0.15, -0.1) is 5.10 Å². The van der Waals surface area contributed by atoms with Gasteiger partial charge in [-0.2, -0.15) is 0 Å². The van der Waals surface area contributed by atoms with Gasteiger partial charge in [0, 0.05) is 13.1 Å². The molecule has 1 aromatic carbocycles. The van der Waals surface area contributed by atoms with Crippen LogP contribution in [0.4, 0.5) is 0 Å². The second kappa shape index (κ2) is 6.18. The minimum atomic E-state index is -0.0113. The molecule has 0 aliphatic heterocycles. The van der Waals surface area contributed by atoms with Gasteiger partial charge in [0.1, 0.15) is 0 Å². The zero-order valence-electron chi connectivity index (χ0n) is 12.8. The Labute approximate surface area is 121 Å². The van der Waals surface area contributed by atoms with Crippen molar-refractivity contribution in [3.63, 3.8) is 0 Å². The van der Waals surface area contributed by atoms with E-state index in [1.165, 1.54) is 5.56 Å². The number of benzene rings is 1. The Morgan fingerprint density at radius 3 is 2.50 bits per heavy atom. The van der Waals surface area contributed by atoms with Crippen LogP contribution in [0, 0.1) is 0 Å². The van der Waals surface area contributed by atoms with Crippen molar-refractivity contribution in [2.45, 2.75) is 45.7 Å². The maximum Gasteiger partial charge on any atom is 0.0965 e. The Hall–Kier alpha value is -1.68. The summed E-state index contributed by atoms with van der Waals surface area (Å²) in [6.07, 6.45) is 2.01. The first kappa shape index (κ1) is 14.7. The summed E-state index contributed by atoms with van der Waals surface area (Å²) in [5.74, 6) is 0.494. The summed E-state index contributed by atoms with van der Waals surface area (Å²) in [7, 11) is 0. The fourth-order valence-corrected chi connectivity index (χ4v) is 2.02. The van der Waals surface area contributed by atoms with Gasteiger partial charge < -0.3 is 5.32 Å². The molecule has 1 N–H and O–H groups in total. The van der Waals surface area contributed by atoms with Gasteiger partial charge in [-0.3, -0.25) is 0 Å². The first-order chi connectivity index (χ1) is 9.47. The standard InChI is InChI=1S/C16H24N4/c1-13(14-8-6-5-7-9-14)10-17-11-15-12-20(19-18-15)16(2,3)4/h5-9,12-13,17H,10-11H2,1-4H3. The van der Waals surface area contributed by atoms with Crippen molar-refractivity contribution in [3.8, 4) is 0 Å². The van der Waals surface area contributed by atoms with E-state index in [0.717, 1.165) is 18.8 Å². The Kier molecular flexibility index (Phi) is 4.55. The molecule has 0 saturated carbocycles. The highest BCUT2D eigenvalue weighted by molar-refractivity contribution is 5.18. The molecule has 0 aliphatic carbocycles. The summed E-state index contributed by atoms with van der Waals surface area (Å²) >= 11 is 0. The van der Waals surface area contributed by atoms with Gasteiger partial charge in [0.15, 0.2) is 0 Å². The molecule has 1 atom stereocenters. The topological polar surface area (TPSA) is 42.7 Å². The Morgan fingerprint density at radius 2 is 1.90 bits per heavy atom. The van der Waals surface area contributed by atoms with Crippen molar-refractivity contribution in [3.05, 3.63) is 47.8 Å². The van der Waals surface area contributed by atoms with Gasteiger partial charge in [-0.1, -0.05) is 42.5 Å². The number of aromatic nitrogens is 3. The lowest BCUT2D eigenvalue weighted by Gasteiger charge is -2.17. The number of hydrogen-bond acceptors (Lipinski definition) is 3.